The number of aromatic nitrogens is 1. The minimum Gasteiger partial charge on any atom is -0.340 e. The monoisotopic (exact) mass is 287 g/mol. The molecule has 0 aliphatic carbocycles. The summed E-state index contributed by atoms with van der Waals surface area (Å²) in [5.74, 6) is -0.417. The molecule has 0 spiro atoms. The van der Waals surface area contributed by atoms with Gasteiger partial charge in [0.1, 0.15) is 5.82 Å². The quantitative estimate of drug-likeness (QED) is 0.658. The predicted molar refractivity (Wildman–Crippen MR) is 77.7 cm³/mol. The number of carbonyl (C=O) groups excluding carboxylic acids is 1. The van der Waals surface area contributed by atoms with Crippen molar-refractivity contribution in [2.45, 2.75) is 6.54 Å². The predicted octanol–water partition coefficient (Wildman–Crippen LogP) is 4.32. The van der Waals surface area contributed by atoms with Crippen molar-refractivity contribution in [1.82, 2.24) is 4.57 Å². The molecule has 3 aromatic rings. The van der Waals surface area contributed by atoms with E-state index in [0.717, 1.165) is 5.39 Å². The van der Waals surface area contributed by atoms with Gasteiger partial charge in [-0.3, -0.25) is 4.79 Å². The van der Waals surface area contributed by atoms with Crippen LogP contribution in [0.2, 0.25) is 5.02 Å². The Balaban J connectivity index is 1.96. The third kappa shape index (κ3) is 2.32. The topological polar surface area (TPSA) is 22.0 Å². The summed E-state index contributed by atoms with van der Waals surface area (Å²) in [6.07, 6.45) is 1.78. The highest BCUT2D eigenvalue weighted by Crippen LogP contribution is 2.20. The molecule has 0 saturated carbocycles. The maximum atomic E-state index is 13.3. The Hall–Kier alpha value is -2.13. The van der Waals surface area contributed by atoms with E-state index < -0.39 is 0 Å². The molecule has 0 amide bonds. The average Bonchev–Trinajstić information content (AvgIpc) is 2.82. The molecular weight excluding hydrogens is 277 g/mol. The second-order valence-corrected chi connectivity index (χ2v) is 4.96. The van der Waals surface area contributed by atoms with Gasteiger partial charge in [-0.25, -0.2) is 4.39 Å². The molecule has 0 unspecified atom stereocenters. The van der Waals surface area contributed by atoms with E-state index in [1.807, 2.05) is 6.07 Å². The van der Waals surface area contributed by atoms with Gasteiger partial charge in [-0.1, -0.05) is 23.7 Å². The molecule has 4 heteroatoms. The number of hydrogen-bond acceptors (Lipinski definition) is 1. The molecule has 100 valence electrons. The van der Waals surface area contributed by atoms with Gasteiger partial charge in [-0.2, -0.15) is 0 Å². The molecule has 2 nitrogen and oxygen atoms in total. The van der Waals surface area contributed by atoms with E-state index >= 15 is 0 Å². The number of ketones is 1. The fraction of sp³-hybridized carbons (Fsp3) is 0.0625. The third-order valence-electron chi connectivity index (χ3n) is 3.22. The average molecular weight is 288 g/mol. The van der Waals surface area contributed by atoms with E-state index in [-0.39, 0.29) is 18.1 Å². The van der Waals surface area contributed by atoms with Crippen molar-refractivity contribution >= 4 is 28.3 Å². The first-order chi connectivity index (χ1) is 9.65. The van der Waals surface area contributed by atoms with Crippen LogP contribution in [-0.2, 0) is 6.54 Å². The molecule has 0 aliphatic heterocycles. The number of fused-ring (bicyclic) bond motifs is 1. The van der Waals surface area contributed by atoms with Crippen LogP contribution in [-0.4, -0.2) is 10.4 Å². The molecule has 2 aromatic carbocycles. The zero-order valence-corrected chi connectivity index (χ0v) is 11.3. The molecule has 0 radical (unpaired) electrons. The Morgan fingerprint density at radius 3 is 2.75 bits per heavy atom. The first kappa shape index (κ1) is 12.9. The molecule has 0 N–H and O–H groups in total. The van der Waals surface area contributed by atoms with Crippen molar-refractivity contribution in [2.75, 3.05) is 0 Å². The van der Waals surface area contributed by atoms with Crippen LogP contribution in [0.25, 0.3) is 10.9 Å². The lowest BCUT2D eigenvalue weighted by atomic mass is 10.1. The van der Waals surface area contributed by atoms with Gasteiger partial charge in [0, 0.05) is 11.8 Å². The van der Waals surface area contributed by atoms with E-state index in [4.69, 9.17) is 11.6 Å². The van der Waals surface area contributed by atoms with Gasteiger partial charge in [0.2, 0.25) is 0 Å². The maximum Gasteiger partial charge on any atom is 0.183 e. The largest absolute Gasteiger partial charge is 0.340 e. The van der Waals surface area contributed by atoms with Gasteiger partial charge < -0.3 is 4.57 Å². The zero-order chi connectivity index (χ0) is 14.1. The van der Waals surface area contributed by atoms with Crippen LogP contribution in [0.15, 0.2) is 54.7 Å². The normalized spacial score (nSPS) is 10.9. The Morgan fingerprint density at radius 2 is 1.95 bits per heavy atom. The smallest absolute Gasteiger partial charge is 0.183 e. The lowest BCUT2D eigenvalue weighted by Crippen LogP contribution is -2.10. The lowest BCUT2D eigenvalue weighted by molar-refractivity contribution is 0.0973. The second-order valence-electron chi connectivity index (χ2n) is 4.55. The van der Waals surface area contributed by atoms with Gasteiger partial charge in [-0.05, 0) is 41.8 Å². The first-order valence-corrected chi connectivity index (χ1v) is 6.55. The van der Waals surface area contributed by atoms with E-state index in [1.165, 1.54) is 12.1 Å². The summed E-state index contributed by atoms with van der Waals surface area (Å²) in [6, 6.07) is 13.3. The number of hydrogen-bond donors (Lipinski definition) is 0. The Kier molecular flexibility index (Phi) is 3.28. The van der Waals surface area contributed by atoms with Gasteiger partial charge in [0.25, 0.3) is 0 Å². The molecule has 0 bridgehead atoms. The summed E-state index contributed by atoms with van der Waals surface area (Å²) in [7, 11) is 0. The Morgan fingerprint density at radius 1 is 1.15 bits per heavy atom. The van der Waals surface area contributed by atoms with Crippen LogP contribution < -0.4 is 0 Å². The summed E-state index contributed by atoms with van der Waals surface area (Å²) in [5, 5.41) is 1.33. The fourth-order valence-corrected chi connectivity index (χ4v) is 2.46. The minimum atomic E-state index is -0.317. The van der Waals surface area contributed by atoms with Gasteiger partial charge >= 0.3 is 0 Å². The van der Waals surface area contributed by atoms with Crippen molar-refractivity contribution < 1.29 is 9.18 Å². The van der Waals surface area contributed by atoms with Crippen LogP contribution in [0.5, 0.6) is 0 Å². The number of rotatable bonds is 3. The molecule has 0 saturated heterocycles. The van der Waals surface area contributed by atoms with Crippen molar-refractivity contribution in [1.29, 1.82) is 0 Å². The van der Waals surface area contributed by atoms with Gasteiger partial charge in [0.15, 0.2) is 5.78 Å². The highest BCUT2D eigenvalue weighted by Gasteiger charge is 2.12. The Labute approximate surface area is 120 Å². The van der Waals surface area contributed by atoms with Crippen molar-refractivity contribution in [3.8, 4) is 0 Å². The zero-order valence-electron chi connectivity index (χ0n) is 10.5. The first-order valence-electron chi connectivity index (χ1n) is 6.17. The molecule has 20 heavy (non-hydrogen) atoms. The van der Waals surface area contributed by atoms with Crippen molar-refractivity contribution in [2.24, 2.45) is 0 Å². The summed E-state index contributed by atoms with van der Waals surface area (Å²) in [4.78, 5) is 12.3. The molecular formula is C16H11ClFNO. The van der Waals surface area contributed by atoms with E-state index in [1.54, 1.807) is 41.1 Å². The molecule has 0 fully saturated rings. The summed E-state index contributed by atoms with van der Waals surface area (Å²) >= 11 is 6.01. The van der Waals surface area contributed by atoms with E-state index in [2.05, 4.69) is 0 Å². The molecule has 0 atom stereocenters. The van der Waals surface area contributed by atoms with Crippen LogP contribution >= 0.6 is 11.6 Å². The third-order valence-corrected chi connectivity index (χ3v) is 3.55. The summed E-state index contributed by atoms with van der Waals surface area (Å²) < 4.78 is 15.0. The number of Topliss-reactive ketones (excluding diaryl/α,β-unsaturated/α-hetero) is 1. The summed E-state index contributed by atoms with van der Waals surface area (Å²) in [6.45, 7) is 0.136. The van der Waals surface area contributed by atoms with E-state index in [9.17, 15) is 9.18 Å². The molecule has 0 aliphatic rings. The van der Waals surface area contributed by atoms with Gasteiger partial charge in [-0.15, -0.1) is 0 Å². The highest BCUT2D eigenvalue weighted by molar-refractivity contribution is 6.33. The second kappa shape index (κ2) is 5.10. The van der Waals surface area contributed by atoms with Crippen LogP contribution in [0.3, 0.4) is 0 Å². The number of nitrogens with zero attached hydrogens (tertiary/aromatic N) is 1. The Bertz CT molecular complexity index is 794. The number of halogens is 2. The minimum absolute atomic E-state index is 0.0997. The van der Waals surface area contributed by atoms with Gasteiger partial charge in [0.05, 0.1) is 17.1 Å². The maximum absolute atomic E-state index is 13.3. The van der Waals surface area contributed by atoms with Crippen molar-refractivity contribution in [3.05, 3.63) is 71.1 Å². The number of carbonyl (C=O) groups is 1. The molecule has 1 heterocycles. The fourth-order valence-electron chi connectivity index (χ4n) is 2.22. The molecule has 1 aromatic heterocycles. The van der Waals surface area contributed by atoms with E-state index in [0.29, 0.717) is 16.1 Å². The van der Waals surface area contributed by atoms with Crippen LogP contribution in [0, 0.1) is 5.82 Å². The SMILES string of the molecule is O=C(Cn1ccc2ccc(F)cc21)c1ccccc1Cl. The molecule has 3 rings (SSSR count). The summed E-state index contributed by atoms with van der Waals surface area (Å²) in [5.41, 5.74) is 1.18. The lowest BCUT2D eigenvalue weighted by Gasteiger charge is -2.06. The number of benzene rings is 2. The van der Waals surface area contributed by atoms with Crippen LogP contribution in [0.1, 0.15) is 10.4 Å². The van der Waals surface area contributed by atoms with Crippen LogP contribution in [0.4, 0.5) is 4.39 Å². The van der Waals surface area contributed by atoms with Crippen molar-refractivity contribution in [3.63, 3.8) is 0 Å². The highest BCUT2D eigenvalue weighted by atomic mass is 35.5. The standard InChI is InChI=1S/C16H11ClFNO/c17-14-4-2-1-3-13(14)16(20)10-19-8-7-11-5-6-12(18)9-15(11)19/h1-9H,10H2.